The number of nitrogens with zero attached hydrogens (tertiary/aromatic N) is 3. The van der Waals surface area contributed by atoms with Crippen LogP contribution in [0.1, 0.15) is 21.7 Å². The highest BCUT2D eigenvalue weighted by Crippen LogP contribution is 2.36. The molecule has 7 heteroatoms. The maximum absolute atomic E-state index is 13.5. The summed E-state index contributed by atoms with van der Waals surface area (Å²) in [6.45, 7) is 2.01. The van der Waals surface area contributed by atoms with Gasteiger partial charge in [0.2, 0.25) is 5.78 Å². The fourth-order valence-corrected chi connectivity index (χ4v) is 4.41. The first-order valence-corrected chi connectivity index (χ1v) is 11.7. The summed E-state index contributed by atoms with van der Waals surface area (Å²) in [5.74, 6) is 0.789. The van der Waals surface area contributed by atoms with Gasteiger partial charge in [-0.2, -0.15) is 5.10 Å². The quantitative estimate of drug-likeness (QED) is 0.241. The molecule has 0 atom stereocenters. The number of carbonyl (C=O) groups excluding carboxylic acids is 1. The van der Waals surface area contributed by atoms with Gasteiger partial charge in [0.25, 0.3) is 0 Å². The third kappa shape index (κ3) is 3.82. The number of methoxy groups -OCH3 is 1. The summed E-state index contributed by atoms with van der Waals surface area (Å²) in [7, 11) is 1.64. The molecule has 0 aliphatic heterocycles. The standard InChI is InChI=1S/C29H20ClN3O3/c1-17-3-12-25-22(15-17)27(29(36-25)28(34)19-4-8-20(30)9-5-19)23-13-14-33-26(31-23)16-24(32-33)18-6-10-21(35-2)11-7-18/h3-16H,1-2H3. The lowest BCUT2D eigenvalue weighted by atomic mass is 10.0. The molecule has 0 aliphatic carbocycles. The van der Waals surface area contributed by atoms with Crippen LogP contribution in [-0.4, -0.2) is 27.5 Å². The molecular formula is C29H20ClN3O3. The molecule has 0 radical (unpaired) electrons. The minimum absolute atomic E-state index is 0.232. The lowest BCUT2D eigenvalue weighted by Crippen LogP contribution is -2.02. The van der Waals surface area contributed by atoms with E-state index in [-0.39, 0.29) is 11.5 Å². The van der Waals surface area contributed by atoms with Crippen LogP contribution in [0.25, 0.3) is 39.1 Å². The van der Waals surface area contributed by atoms with Crippen molar-refractivity contribution in [2.24, 2.45) is 0 Å². The van der Waals surface area contributed by atoms with Crippen molar-refractivity contribution in [1.29, 1.82) is 0 Å². The Morgan fingerprint density at radius 3 is 2.47 bits per heavy atom. The monoisotopic (exact) mass is 493 g/mol. The maximum atomic E-state index is 13.5. The molecule has 0 fully saturated rings. The van der Waals surface area contributed by atoms with Crippen LogP contribution in [0.5, 0.6) is 5.75 Å². The molecule has 0 amide bonds. The highest BCUT2D eigenvalue weighted by Gasteiger charge is 2.24. The third-order valence-corrected chi connectivity index (χ3v) is 6.37. The van der Waals surface area contributed by atoms with Crippen LogP contribution < -0.4 is 4.74 Å². The van der Waals surface area contributed by atoms with E-state index in [1.807, 2.05) is 67.7 Å². The zero-order valence-corrected chi connectivity index (χ0v) is 20.3. The molecule has 36 heavy (non-hydrogen) atoms. The number of ketones is 1. The van der Waals surface area contributed by atoms with E-state index in [0.29, 0.717) is 33.1 Å². The fourth-order valence-electron chi connectivity index (χ4n) is 4.28. The molecular weight excluding hydrogens is 474 g/mol. The number of hydrogen-bond acceptors (Lipinski definition) is 5. The molecule has 6 aromatic rings. The molecule has 6 rings (SSSR count). The minimum Gasteiger partial charge on any atom is -0.497 e. The number of fused-ring (bicyclic) bond motifs is 2. The average Bonchev–Trinajstić information content (AvgIpc) is 3.49. The van der Waals surface area contributed by atoms with Crippen LogP contribution in [0.4, 0.5) is 0 Å². The number of aromatic nitrogens is 3. The van der Waals surface area contributed by atoms with Crippen molar-refractivity contribution >= 4 is 34.0 Å². The summed E-state index contributed by atoms with van der Waals surface area (Å²) in [6.07, 6.45) is 1.84. The first-order valence-electron chi connectivity index (χ1n) is 11.3. The van der Waals surface area contributed by atoms with Gasteiger partial charge in [0.05, 0.1) is 24.1 Å². The summed E-state index contributed by atoms with van der Waals surface area (Å²) in [6, 6.07) is 24.1. The van der Waals surface area contributed by atoms with E-state index in [4.69, 9.17) is 25.7 Å². The number of ether oxygens (including phenoxy) is 1. The zero-order valence-electron chi connectivity index (χ0n) is 19.5. The number of aryl methyl sites for hydroxylation is 1. The van der Waals surface area contributed by atoms with Crippen molar-refractivity contribution in [2.75, 3.05) is 7.11 Å². The number of benzene rings is 3. The van der Waals surface area contributed by atoms with Crippen LogP contribution in [0.2, 0.25) is 5.02 Å². The van der Waals surface area contributed by atoms with Gasteiger partial charge >= 0.3 is 0 Å². The normalized spacial score (nSPS) is 11.3. The predicted octanol–water partition coefficient (Wildman–Crippen LogP) is 7.01. The fraction of sp³-hybridized carbons (Fsp3) is 0.0690. The molecule has 0 saturated carbocycles. The third-order valence-electron chi connectivity index (χ3n) is 6.12. The van der Waals surface area contributed by atoms with Crippen molar-refractivity contribution < 1.29 is 13.9 Å². The van der Waals surface area contributed by atoms with E-state index in [2.05, 4.69) is 5.10 Å². The first-order chi connectivity index (χ1) is 17.5. The molecule has 0 aliphatic rings. The van der Waals surface area contributed by atoms with Gasteiger partial charge in [0.1, 0.15) is 11.3 Å². The highest BCUT2D eigenvalue weighted by molar-refractivity contribution is 6.30. The molecule has 176 valence electrons. The number of carbonyl (C=O) groups is 1. The lowest BCUT2D eigenvalue weighted by molar-refractivity contribution is 0.101. The van der Waals surface area contributed by atoms with E-state index in [0.717, 1.165) is 28.0 Å². The summed E-state index contributed by atoms with van der Waals surface area (Å²) < 4.78 is 13.1. The van der Waals surface area contributed by atoms with E-state index in [1.165, 1.54) is 0 Å². The van der Waals surface area contributed by atoms with Gasteiger partial charge < -0.3 is 9.15 Å². The SMILES string of the molecule is COc1ccc(-c2cc3nc(-c4c(C(=O)c5ccc(Cl)cc5)oc5ccc(C)cc45)ccn3n2)cc1. The number of rotatable bonds is 5. The number of furan rings is 1. The Morgan fingerprint density at radius 1 is 0.944 bits per heavy atom. The van der Waals surface area contributed by atoms with Crippen LogP contribution >= 0.6 is 11.6 Å². The molecule has 0 N–H and O–H groups in total. The molecule has 0 bridgehead atoms. The van der Waals surface area contributed by atoms with E-state index >= 15 is 0 Å². The van der Waals surface area contributed by atoms with E-state index < -0.39 is 0 Å². The molecule has 0 unspecified atom stereocenters. The highest BCUT2D eigenvalue weighted by atomic mass is 35.5. The van der Waals surface area contributed by atoms with Gasteiger partial charge in [-0.05, 0) is 73.7 Å². The maximum Gasteiger partial charge on any atom is 0.228 e. The van der Waals surface area contributed by atoms with Gasteiger partial charge in [0.15, 0.2) is 11.4 Å². The summed E-state index contributed by atoms with van der Waals surface area (Å²) in [5.41, 5.74) is 5.85. The van der Waals surface area contributed by atoms with Gasteiger partial charge in [-0.1, -0.05) is 23.2 Å². The van der Waals surface area contributed by atoms with Gasteiger partial charge in [-0.15, -0.1) is 0 Å². The van der Waals surface area contributed by atoms with Crippen LogP contribution in [-0.2, 0) is 0 Å². The van der Waals surface area contributed by atoms with Gasteiger partial charge in [-0.25, -0.2) is 9.50 Å². The Bertz CT molecular complexity index is 1750. The first kappa shape index (κ1) is 22.1. The molecule has 3 aromatic carbocycles. The molecule has 0 spiro atoms. The largest absolute Gasteiger partial charge is 0.497 e. The second-order valence-corrected chi connectivity index (χ2v) is 8.95. The van der Waals surface area contributed by atoms with Gasteiger partial charge in [-0.3, -0.25) is 4.79 Å². The summed E-state index contributed by atoms with van der Waals surface area (Å²) in [5, 5.41) is 6.06. The molecule has 3 aromatic heterocycles. The molecule has 6 nitrogen and oxygen atoms in total. The van der Waals surface area contributed by atoms with Crippen LogP contribution in [0.15, 0.2) is 89.5 Å². The van der Waals surface area contributed by atoms with Crippen molar-refractivity contribution in [3.63, 3.8) is 0 Å². The Hall–Kier alpha value is -4.42. The lowest BCUT2D eigenvalue weighted by Gasteiger charge is -2.04. The zero-order chi connectivity index (χ0) is 24.8. The molecule has 3 heterocycles. The van der Waals surface area contributed by atoms with Gasteiger partial charge in [0, 0.05) is 33.8 Å². The summed E-state index contributed by atoms with van der Waals surface area (Å²) >= 11 is 6.03. The van der Waals surface area contributed by atoms with Crippen LogP contribution in [0.3, 0.4) is 0 Å². The second kappa shape index (κ2) is 8.66. The topological polar surface area (TPSA) is 69.6 Å². The number of hydrogen-bond donors (Lipinski definition) is 0. The van der Waals surface area contributed by atoms with E-state index in [9.17, 15) is 4.79 Å². The Morgan fingerprint density at radius 2 is 1.72 bits per heavy atom. The Labute approximate surface area is 211 Å². The molecule has 0 saturated heterocycles. The van der Waals surface area contributed by atoms with Crippen molar-refractivity contribution in [3.8, 4) is 28.3 Å². The summed E-state index contributed by atoms with van der Waals surface area (Å²) in [4.78, 5) is 18.4. The smallest absolute Gasteiger partial charge is 0.228 e. The average molecular weight is 494 g/mol. The minimum atomic E-state index is -0.232. The second-order valence-electron chi connectivity index (χ2n) is 8.52. The van der Waals surface area contributed by atoms with Crippen molar-refractivity contribution in [1.82, 2.24) is 14.6 Å². The van der Waals surface area contributed by atoms with Crippen LogP contribution in [0, 0.1) is 6.92 Å². The Kier molecular flexibility index (Phi) is 5.31. The van der Waals surface area contributed by atoms with E-state index in [1.54, 1.807) is 35.9 Å². The number of halogens is 1. The van der Waals surface area contributed by atoms with Crippen molar-refractivity contribution in [3.05, 3.63) is 107 Å². The predicted molar refractivity (Wildman–Crippen MR) is 140 cm³/mol. The van der Waals surface area contributed by atoms with Crippen molar-refractivity contribution in [2.45, 2.75) is 6.92 Å². The Balaban J connectivity index is 1.50.